The molecular weight excluding hydrogens is 410 g/mol. The molecule has 2 aromatic carbocycles. The van der Waals surface area contributed by atoms with Gasteiger partial charge in [0.2, 0.25) is 0 Å². The van der Waals surface area contributed by atoms with E-state index in [4.69, 9.17) is 21.1 Å². The van der Waals surface area contributed by atoms with Gasteiger partial charge in [-0.15, -0.1) is 0 Å². The molecule has 1 N–H and O–H groups in total. The zero-order valence-electron chi connectivity index (χ0n) is 13.9. The Morgan fingerprint density at radius 1 is 1.12 bits per heavy atom. The maximum atomic E-state index is 12.6. The summed E-state index contributed by atoms with van der Waals surface area (Å²) in [5.74, 6) is -0.448. The lowest BCUT2D eigenvalue weighted by atomic mass is 10.1. The van der Waals surface area contributed by atoms with E-state index in [1.807, 2.05) is 0 Å². The monoisotopic (exact) mass is 425 g/mol. The van der Waals surface area contributed by atoms with Crippen LogP contribution in [0.3, 0.4) is 0 Å². The van der Waals surface area contributed by atoms with Crippen LogP contribution in [0, 0.1) is 0 Å². The zero-order valence-corrected chi connectivity index (χ0v) is 16.3. The Morgan fingerprint density at radius 3 is 2.36 bits per heavy atom. The number of methoxy groups -OCH3 is 1. The normalized spacial score (nSPS) is 10.9. The molecule has 1 amide bonds. The Morgan fingerprint density at radius 2 is 1.76 bits per heavy atom. The first-order valence-corrected chi connectivity index (χ1v) is 8.54. The standard InChI is InChI=1S/C18H17BrClNO4/c1-18(2,25-13-7-5-12(20)6-8-13)17(23)21-15-9-4-11(19)10-14(15)16(22)24-3/h4-10H,1-3H3,(H,21,23). The van der Waals surface area contributed by atoms with Crippen molar-refractivity contribution in [2.75, 3.05) is 12.4 Å². The smallest absolute Gasteiger partial charge is 0.340 e. The number of esters is 1. The van der Waals surface area contributed by atoms with E-state index in [0.717, 1.165) is 0 Å². The van der Waals surface area contributed by atoms with Crippen molar-refractivity contribution < 1.29 is 19.1 Å². The molecule has 0 unspecified atom stereocenters. The van der Waals surface area contributed by atoms with Gasteiger partial charge in [-0.3, -0.25) is 4.79 Å². The molecule has 25 heavy (non-hydrogen) atoms. The maximum absolute atomic E-state index is 12.6. The summed E-state index contributed by atoms with van der Waals surface area (Å²) < 4.78 is 11.2. The van der Waals surface area contributed by atoms with Gasteiger partial charge < -0.3 is 14.8 Å². The summed E-state index contributed by atoms with van der Waals surface area (Å²) in [5, 5.41) is 3.29. The number of benzene rings is 2. The minimum atomic E-state index is -1.17. The van der Waals surface area contributed by atoms with E-state index in [1.165, 1.54) is 7.11 Å². The minimum absolute atomic E-state index is 0.243. The number of carbonyl (C=O) groups is 2. The summed E-state index contributed by atoms with van der Waals surface area (Å²) in [6.07, 6.45) is 0. The highest BCUT2D eigenvalue weighted by atomic mass is 79.9. The number of carbonyl (C=O) groups excluding carboxylic acids is 2. The van der Waals surface area contributed by atoms with Gasteiger partial charge in [0.25, 0.3) is 5.91 Å². The van der Waals surface area contributed by atoms with Crippen LogP contribution in [0.5, 0.6) is 5.75 Å². The molecular formula is C18H17BrClNO4. The van der Waals surface area contributed by atoms with E-state index < -0.39 is 17.5 Å². The number of halogens is 2. The zero-order chi connectivity index (χ0) is 18.6. The molecule has 0 aliphatic heterocycles. The average Bonchev–Trinajstić information content (AvgIpc) is 2.57. The van der Waals surface area contributed by atoms with Crippen LogP contribution < -0.4 is 10.1 Å². The first-order chi connectivity index (χ1) is 11.7. The fourth-order valence-electron chi connectivity index (χ4n) is 2.02. The molecule has 0 bridgehead atoms. The van der Waals surface area contributed by atoms with Crippen LogP contribution in [0.25, 0.3) is 0 Å². The second-order valence-electron chi connectivity index (χ2n) is 5.70. The van der Waals surface area contributed by atoms with Gasteiger partial charge in [0, 0.05) is 9.50 Å². The van der Waals surface area contributed by atoms with Crippen molar-refractivity contribution in [2.45, 2.75) is 19.4 Å². The molecule has 132 valence electrons. The van der Waals surface area contributed by atoms with Crippen LogP contribution in [0.4, 0.5) is 5.69 Å². The van der Waals surface area contributed by atoms with E-state index >= 15 is 0 Å². The van der Waals surface area contributed by atoms with Crippen molar-refractivity contribution >= 4 is 45.1 Å². The molecule has 2 aromatic rings. The van der Waals surface area contributed by atoms with Crippen LogP contribution in [-0.2, 0) is 9.53 Å². The predicted octanol–water partition coefficient (Wildman–Crippen LogP) is 4.69. The quantitative estimate of drug-likeness (QED) is 0.705. The summed E-state index contributed by atoms with van der Waals surface area (Å²) >= 11 is 9.14. The molecule has 0 fully saturated rings. The largest absolute Gasteiger partial charge is 0.478 e. The van der Waals surface area contributed by atoms with E-state index in [9.17, 15) is 9.59 Å². The molecule has 2 rings (SSSR count). The first kappa shape index (κ1) is 19.3. The van der Waals surface area contributed by atoms with Crippen LogP contribution in [0.15, 0.2) is 46.9 Å². The maximum Gasteiger partial charge on any atom is 0.340 e. The number of amides is 1. The van der Waals surface area contributed by atoms with E-state index in [1.54, 1.807) is 56.3 Å². The predicted molar refractivity (Wildman–Crippen MR) is 100 cm³/mol. The highest BCUT2D eigenvalue weighted by Crippen LogP contribution is 2.25. The third-order valence-electron chi connectivity index (χ3n) is 3.37. The molecule has 0 saturated carbocycles. The first-order valence-electron chi connectivity index (χ1n) is 7.37. The third kappa shape index (κ3) is 4.96. The van der Waals surface area contributed by atoms with Gasteiger partial charge in [0.15, 0.2) is 5.60 Å². The van der Waals surface area contributed by atoms with E-state index in [2.05, 4.69) is 21.2 Å². The number of ether oxygens (including phenoxy) is 2. The Balaban J connectivity index is 2.20. The molecule has 0 aromatic heterocycles. The van der Waals surface area contributed by atoms with Crippen LogP contribution in [0.2, 0.25) is 5.02 Å². The molecule has 7 heteroatoms. The summed E-state index contributed by atoms with van der Waals surface area (Å²) in [4.78, 5) is 24.5. The van der Waals surface area contributed by atoms with Gasteiger partial charge >= 0.3 is 5.97 Å². The average molecular weight is 427 g/mol. The minimum Gasteiger partial charge on any atom is -0.478 e. The Kier molecular flexibility index (Phi) is 6.08. The fraction of sp³-hybridized carbons (Fsp3) is 0.222. The van der Waals surface area contributed by atoms with E-state index in [-0.39, 0.29) is 5.56 Å². The van der Waals surface area contributed by atoms with Crippen LogP contribution in [-0.4, -0.2) is 24.6 Å². The van der Waals surface area contributed by atoms with Crippen molar-refractivity contribution in [3.63, 3.8) is 0 Å². The lowest BCUT2D eigenvalue weighted by molar-refractivity contribution is -0.128. The van der Waals surface area contributed by atoms with E-state index in [0.29, 0.717) is 20.9 Å². The van der Waals surface area contributed by atoms with Gasteiger partial charge in [-0.05, 0) is 56.3 Å². The number of anilines is 1. The molecule has 0 radical (unpaired) electrons. The Hall–Kier alpha value is -2.05. The topological polar surface area (TPSA) is 64.6 Å². The SMILES string of the molecule is COC(=O)c1cc(Br)ccc1NC(=O)C(C)(C)Oc1ccc(Cl)cc1. The summed E-state index contributed by atoms with van der Waals surface area (Å²) in [6.45, 7) is 3.27. The molecule has 0 aliphatic rings. The van der Waals surface area contributed by atoms with Gasteiger partial charge in [0.1, 0.15) is 5.75 Å². The van der Waals surface area contributed by atoms with Gasteiger partial charge in [-0.2, -0.15) is 0 Å². The highest BCUT2D eigenvalue weighted by molar-refractivity contribution is 9.10. The second-order valence-corrected chi connectivity index (χ2v) is 7.05. The lowest BCUT2D eigenvalue weighted by Gasteiger charge is -2.25. The highest BCUT2D eigenvalue weighted by Gasteiger charge is 2.31. The van der Waals surface area contributed by atoms with Crippen molar-refractivity contribution in [3.05, 3.63) is 57.5 Å². The van der Waals surface area contributed by atoms with Crippen molar-refractivity contribution in [2.24, 2.45) is 0 Å². The fourth-order valence-corrected chi connectivity index (χ4v) is 2.51. The number of hydrogen-bond donors (Lipinski definition) is 1. The molecule has 0 spiro atoms. The molecule has 0 aliphatic carbocycles. The molecule has 0 heterocycles. The van der Waals surface area contributed by atoms with Crippen molar-refractivity contribution in [1.82, 2.24) is 0 Å². The van der Waals surface area contributed by atoms with Gasteiger partial charge in [-0.25, -0.2) is 4.79 Å². The number of nitrogens with one attached hydrogen (secondary N) is 1. The number of hydrogen-bond acceptors (Lipinski definition) is 4. The van der Waals surface area contributed by atoms with Gasteiger partial charge in [0.05, 0.1) is 18.4 Å². The Bertz CT molecular complexity index is 790. The van der Waals surface area contributed by atoms with Crippen molar-refractivity contribution in [3.8, 4) is 5.75 Å². The lowest BCUT2D eigenvalue weighted by Crippen LogP contribution is -2.42. The van der Waals surface area contributed by atoms with Crippen LogP contribution in [0.1, 0.15) is 24.2 Å². The second kappa shape index (κ2) is 7.89. The summed E-state index contributed by atoms with van der Waals surface area (Å²) in [6, 6.07) is 11.6. The molecule has 0 atom stereocenters. The Labute approximate surface area is 159 Å². The number of rotatable bonds is 5. The van der Waals surface area contributed by atoms with Gasteiger partial charge in [-0.1, -0.05) is 27.5 Å². The third-order valence-corrected chi connectivity index (χ3v) is 4.11. The summed E-state index contributed by atoms with van der Waals surface area (Å²) in [7, 11) is 1.28. The van der Waals surface area contributed by atoms with Crippen LogP contribution >= 0.6 is 27.5 Å². The molecule has 5 nitrogen and oxygen atoms in total. The summed E-state index contributed by atoms with van der Waals surface area (Å²) in [5.41, 5.74) is -0.589. The molecule has 0 saturated heterocycles. The van der Waals surface area contributed by atoms with Crippen molar-refractivity contribution in [1.29, 1.82) is 0 Å².